The Bertz CT molecular complexity index is 248. The van der Waals surface area contributed by atoms with Crippen molar-refractivity contribution in [2.24, 2.45) is 10.8 Å². The third kappa shape index (κ3) is 3.80. The lowest BCUT2D eigenvalue weighted by molar-refractivity contribution is -0.136. The number of Topliss-reactive ketones (excluding diaryl/α,β-unsaturated/α-hetero) is 1. The molecule has 0 heterocycles. The first-order chi connectivity index (χ1) is 7.79. The monoisotopic (exact) mass is 240 g/mol. The molecule has 100 valence electrons. The van der Waals surface area contributed by atoms with Gasteiger partial charge in [0.2, 0.25) is 0 Å². The predicted molar refractivity (Wildman–Crippen MR) is 71.1 cm³/mol. The van der Waals surface area contributed by atoms with Crippen LogP contribution in [0.1, 0.15) is 66.7 Å². The van der Waals surface area contributed by atoms with Crippen molar-refractivity contribution in [2.75, 3.05) is 6.61 Å². The molecule has 1 saturated carbocycles. The topological polar surface area (TPSA) is 26.3 Å². The lowest BCUT2D eigenvalue weighted by atomic mass is 9.71. The minimum absolute atomic E-state index is 0.175. The summed E-state index contributed by atoms with van der Waals surface area (Å²) in [5.41, 5.74) is 0.349. The smallest absolute Gasteiger partial charge is 0.158 e. The van der Waals surface area contributed by atoms with Gasteiger partial charge in [-0.05, 0) is 23.7 Å². The van der Waals surface area contributed by atoms with Crippen LogP contribution in [0.3, 0.4) is 0 Å². The summed E-state index contributed by atoms with van der Waals surface area (Å²) in [4.78, 5) is 11.4. The van der Waals surface area contributed by atoms with Crippen LogP contribution in [0.2, 0.25) is 0 Å². The van der Waals surface area contributed by atoms with Crippen LogP contribution in [0.5, 0.6) is 0 Å². The molecule has 0 aliphatic heterocycles. The van der Waals surface area contributed by atoms with Crippen LogP contribution in [0.4, 0.5) is 0 Å². The maximum absolute atomic E-state index is 11.4. The number of hydrogen-bond acceptors (Lipinski definition) is 2. The highest BCUT2D eigenvalue weighted by Gasteiger charge is 2.43. The van der Waals surface area contributed by atoms with Crippen LogP contribution in [-0.4, -0.2) is 18.5 Å². The van der Waals surface area contributed by atoms with Crippen LogP contribution in [0, 0.1) is 10.8 Å². The fraction of sp³-hybridized carbons (Fsp3) is 0.933. The first kappa shape index (κ1) is 14.7. The summed E-state index contributed by atoms with van der Waals surface area (Å²) in [5, 5.41) is 0. The fourth-order valence-corrected chi connectivity index (χ4v) is 3.21. The minimum atomic E-state index is 0.175. The van der Waals surface area contributed by atoms with Crippen molar-refractivity contribution in [3.63, 3.8) is 0 Å². The molecule has 1 aliphatic carbocycles. The lowest BCUT2D eigenvalue weighted by Gasteiger charge is -2.42. The van der Waals surface area contributed by atoms with Gasteiger partial charge in [-0.2, -0.15) is 0 Å². The SMILES string of the molecule is CCC(=O)COC1C(C)(C)CCCCC1(C)C. The molecule has 0 amide bonds. The van der Waals surface area contributed by atoms with Crippen molar-refractivity contribution in [2.45, 2.75) is 72.8 Å². The van der Waals surface area contributed by atoms with Crippen LogP contribution in [0.25, 0.3) is 0 Å². The van der Waals surface area contributed by atoms with E-state index in [0.717, 1.165) is 0 Å². The fourth-order valence-electron chi connectivity index (χ4n) is 3.21. The number of carbonyl (C=O) groups excluding carboxylic acids is 1. The second-order valence-corrected chi connectivity index (χ2v) is 6.77. The van der Waals surface area contributed by atoms with Crippen molar-refractivity contribution in [1.82, 2.24) is 0 Å². The minimum Gasteiger partial charge on any atom is -0.369 e. The Morgan fingerprint density at radius 2 is 1.59 bits per heavy atom. The molecule has 2 heteroatoms. The molecule has 0 N–H and O–H groups in total. The molecule has 1 rings (SSSR count). The Kier molecular flexibility index (Phi) is 4.77. The molecule has 1 fully saturated rings. The number of hydrogen-bond donors (Lipinski definition) is 0. The number of rotatable bonds is 4. The van der Waals surface area contributed by atoms with E-state index in [2.05, 4.69) is 27.7 Å². The summed E-state index contributed by atoms with van der Waals surface area (Å²) in [6, 6.07) is 0. The molecular formula is C15H28O2. The maximum Gasteiger partial charge on any atom is 0.158 e. The van der Waals surface area contributed by atoms with Gasteiger partial charge in [-0.25, -0.2) is 0 Å². The van der Waals surface area contributed by atoms with Gasteiger partial charge in [-0.3, -0.25) is 4.79 Å². The van der Waals surface area contributed by atoms with E-state index < -0.39 is 0 Å². The molecule has 0 spiro atoms. The highest BCUT2D eigenvalue weighted by Crippen LogP contribution is 2.45. The second-order valence-electron chi connectivity index (χ2n) is 6.77. The number of ether oxygens (including phenoxy) is 1. The quantitative estimate of drug-likeness (QED) is 0.695. The van der Waals surface area contributed by atoms with E-state index in [4.69, 9.17) is 4.74 Å². The molecule has 0 bridgehead atoms. The average Bonchev–Trinajstić information content (AvgIpc) is 2.32. The van der Waals surface area contributed by atoms with E-state index in [0.29, 0.717) is 6.42 Å². The highest BCUT2D eigenvalue weighted by molar-refractivity contribution is 5.79. The first-order valence-corrected chi connectivity index (χ1v) is 6.93. The highest BCUT2D eigenvalue weighted by atomic mass is 16.5. The van der Waals surface area contributed by atoms with Gasteiger partial charge >= 0.3 is 0 Å². The summed E-state index contributed by atoms with van der Waals surface area (Å²) in [6.07, 6.45) is 5.71. The molecule has 0 aromatic carbocycles. The molecule has 0 saturated heterocycles. The van der Waals surface area contributed by atoms with Crippen LogP contribution in [0.15, 0.2) is 0 Å². The zero-order chi connectivity index (χ0) is 13.1. The average molecular weight is 240 g/mol. The third-order valence-corrected chi connectivity index (χ3v) is 4.12. The van der Waals surface area contributed by atoms with Gasteiger partial charge in [0.05, 0.1) is 6.10 Å². The predicted octanol–water partition coefficient (Wildman–Crippen LogP) is 3.98. The van der Waals surface area contributed by atoms with Crippen molar-refractivity contribution in [3.8, 4) is 0 Å². The first-order valence-electron chi connectivity index (χ1n) is 6.93. The molecule has 2 nitrogen and oxygen atoms in total. The summed E-state index contributed by atoms with van der Waals surface area (Å²) >= 11 is 0. The van der Waals surface area contributed by atoms with E-state index in [1.165, 1.54) is 25.7 Å². The van der Waals surface area contributed by atoms with Gasteiger partial charge in [-0.15, -0.1) is 0 Å². The summed E-state index contributed by atoms with van der Waals surface area (Å²) in [7, 11) is 0. The summed E-state index contributed by atoms with van der Waals surface area (Å²) in [5.74, 6) is 0.209. The van der Waals surface area contributed by atoms with Gasteiger partial charge in [0.25, 0.3) is 0 Å². The molecule has 0 atom stereocenters. The molecule has 0 aromatic heterocycles. The molecule has 0 unspecified atom stereocenters. The van der Waals surface area contributed by atoms with E-state index in [1.807, 2.05) is 6.92 Å². The van der Waals surface area contributed by atoms with Crippen molar-refractivity contribution in [1.29, 1.82) is 0 Å². The van der Waals surface area contributed by atoms with E-state index in [-0.39, 0.29) is 29.3 Å². The lowest BCUT2D eigenvalue weighted by Crippen LogP contribution is -2.43. The molecule has 17 heavy (non-hydrogen) atoms. The van der Waals surface area contributed by atoms with Crippen molar-refractivity contribution >= 4 is 5.78 Å². The van der Waals surface area contributed by atoms with Gasteiger partial charge in [-0.1, -0.05) is 47.5 Å². The van der Waals surface area contributed by atoms with Gasteiger partial charge < -0.3 is 4.74 Å². The third-order valence-electron chi connectivity index (χ3n) is 4.12. The van der Waals surface area contributed by atoms with Crippen LogP contribution in [-0.2, 0) is 9.53 Å². The van der Waals surface area contributed by atoms with E-state index in [1.54, 1.807) is 0 Å². The molecule has 0 radical (unpaired) electrons. The zero-order valence-corrected chi connectivity index (χ0v) is 12.1. The van der Waals surface area contributed by atoms with Crippen molar-refractivity contribution in [3.05, 3.63) is 0 Å². The molecule has 0 aromatic rings. The standard InChI is InChI=1S/C15H28O2/c1-6-12(16)11-17-13-14(2,3)9-7-8-10-15(13,4)5/h13H,6-11H2,1-5H3. The maximum atomic E-state index is 11.4. The van der Waals surface area contributed by atoms with Crippen LogP contribution < -0.4 is 0 Å². The van der Waals surface area contributed by atoms with Gasteiger partial charge in [0, 0.05) is 6.42 Å². The number of carbonyl (C=O) groups is 1. The van der Waals surface area contributed by atoms with Crippen molar-refractivity contribution < 1.29 is 9.53 Å². The Hall–Kier alpha value is -0.370. The van der Waals surface area contributed by atoms with Crippen LogP contribution >= 0.6 is 0 Å². The Morgan fingerprint density at radius 3 is 2.00 bits per heavy atom. The largest absolute Gasteiger partial charge is 0.369 e. The van der Waals surface area contributed by atoms with E-state index in [9.17, 15) is 4.79 Å². The van der Waals surface area contributed by atoms with E-state index >= 15 is 0 Å². The molecule has 1 aliphatic rings. The molecular weight excluding hydrogens is 212 g/mol. The van der Waals surface area contributed by atoms with Gasteiger partial charge in [0.15, 0.2) is 5.78 Å². The number of ketones is 1. The normalized spacial score (nSPS) is 24.3. The Labute approximate surface area is 106 Å². The Morgan fingerprint density at radius 1 is 1.12 bits per heavy atom. The van der Waals surface area contributed by atoms with Gasteiger partial charge in [0.1, 0.15) is 6.61 Å². The summed E-state index contributed by atoms with van der Waals surface area (Å²) in [6.45, 7) is 11.3. The zero-order valence-electron chi connectivity index (χ0n) is 12.1. The second kappa shape index (κ2) is 5.51. The Balaban J connectivity index is 2.76. The summed E-state index contributed by atoms with van der Waals surface area (Å²) < 4.78 is 6.00.